The van der Waals surface area contributed by atoms with Crippen molar-refractivity contribution in [3.05, 3.63) is 68.8 Å². The van der Waals surface area contributed by atoms with Gasteiger partial charge in [-0.25, -0.2) is 9.66 Å². The number of rotatable bonds is 4. The molecule has 0 spiro atoms. The summed E-state index contributed by atoms with van der Waals surface area (Å²) in [7, 11) is 0. The summed E-state index contributed by atoms with van der Waals surface area (Å²) in [6.45, 7) is 8.17. The van der Waals surface area contributed by atoms with E-state index >= 15 is 0 Å². The van der Waals surface area contributed by atoms with Crippen molar-refractivity contribution in [1.82, 2.24) is 19.5 Å². The monoisotopic (exact) mass is 405 g/mol. The molecule has 8 heteroatoms. The summed E-state index contributed by atoms with van der Waals surface area (Å²) >= 11 is 0. The van der Waals surface area contributed by atoms with Crippen molar-refractivity contribution in [1.29, 1.82) is 0 Å². The molecule has 0 fully saturated rings. The number of nitrogens with one attached hydrogen (secondary N) is 1. The van der Waals surface area contributed by atoms with Crippen LogP contribution < -0.4 is 16.7 Å². The van der Waals surface area contributed by atoms with Gasteiger partial charge in [-0.05, 0) is 44.1 Å². The van der Waals surface area contributed by atoms with Gasteiger partial charge in [0.05, 0.1) is 0 Å². The lowest BCUT2D eigenvalue weighted by atomic mass is 9.99. The lowest BCUT2D eigenvalue weighted by Gasteiger charge is -2.38. The van der Waals surface area contributed by atoms with Gasteiger partial charge in [0.15, 0.2) is 5.82 Å². The molecule has 4 heterocycles. The highest BCUT2D eigenvalue weighted by molar-refractivity contribution is 6.09. The van der Waals surface area contributed by atoms with Gasteiger partial charge in [-0.1, -0.05) is 0 Å². The minimum Gasteiger partial charge on any atom is -0.404 e. The lowest BCUT2D eigenvalue weighted by molar-refractivity contribution is 0.205. The Balaban J connectivity index is 1.61. The Labute approximate surface area is 175 Å². The van der Waals surface area contributed by atoms with Gasteiger partial charge in [0.25, 0.3) is 5.56 Å². The molecule has 0 amide bonds. The Morgan fingerprint density at radius 1 is 1.40 bits per heavy atom. The highest BCUT2D eigenvalue weighted by Gasteiger charge is 2.29. The Morgan fingerprint density at radius 3 is 3.00 bits per heavy atom. The van der Waals surface area contributed by atoms with Crippen molar-refractivity contribution in [3.8, 4) is 0 Å². The molecule has 0 bridgehead atoms. The van der Waals surface area contributed by atoms with Crippen LogP contribution in [-0.2, 0) is 13.0 Å². The van der Waals surface area contributed by atoms with E-state index in [0.717, 1.165) is 53.2 Å². The summed E-state index contributed by atoms with van der Waals surface area (Å²) < 4.78 is 1.53. The Hall–Kier alpha value is -3.26. The fourth-order valence-electron chi connectivity index (χ4n) is 3.95. The second kappa shape index (κ2) is 8.23. The number of aliphatic imine (C=N–C) groups is 1. The fraction of sp³-hybridized carbons (Fsp3) is 0.364. The van der Waals surface area contributed by atoms with Gasteiger partial charge in [-0.3, -0.25) is 25.1 Å². The van der Waals surface area contributed by atoms with Crippen LogP contribution in [0.15, 0.2) is 39.9 Å². The Kier molecular flexibility index (Phi) is 5.50. The van der Waals surface area contributed by atoms with Crippen molar-refractivity contribution < 1.29 is 0 Å². The summed E-state index contributed by atoms with van der Waals surface area (Å²) in [5.41, 5.74) is 15.0. The molecular formula is C22H27N7O. The van der Waals surface area contributed by atoms with E-state index < -0.39 is 0 Å². The molecule has 4 rings (SSSR count). The molecule has 156 valence electrons. The highest BCUT2D eigenvalue weighted by Crippen LogP contribution is 2.25. The predicted molar refractivity (Wildman–Crippen MR) is 120 cm³/mol. The average molecular weight is 406 g/mol. The normalized spacial score (nSPS) is 19.2. The Bertz CT molecular complexity index is 1110. The van der Waals surface area contributed by atoms with E-state index in [9.17, 15) is 4.79 Å². The lowest BCUT2D eigenvalue weighted by Crippen LogP contribution is -2.51. The molecule has 30 heavy (non-hydrogen) atoms. The molecule has 2 aromatic rings. The largest absolute Gasteiger partial charge is 0.404 e. The van der Waals surface area contributed by atoms with Gasteiger partial charge < -0.3 is 5.73 Å². The standard InChI is InChI=1S/C22H27N7O/c1-4-24-11-18(10-23)16-9-17-13-28(6-5-19(17)25-12-16)22-14(2)7-20-26-15(3)8-21(30)29(20)27-22/h7-12,22,27H,4-6,13,23H2,1-3H3/b18-10+,24-11?. The predicted octanol–water partition coefficient (Wildman–Crippen LogP) is 1.68. The van der Waals surface area contributed by atoms with Crippen LogP contribution in [0.4, 0.5) is 0 Å². The third kappa shape index (κ3) is 3.78. The SMILES string of the molecule is CCN=C/C(=C\N)c1cnc2c(c1)CN(C1Nn3c(nc(C)cc3=O)C=C1C)CC2. The maximum Gasteiger partial charge on any atom is 0.272 e. The number of hydrogen-bond acceptors (Lipinski definition) is 7. The number of aromatic nitrogens is 3. The van der Waals surface area contributed by atoms with Crippen LogP contribution in [0.3, 0.4) is 0 Å². The number of pyridine rings is 1. The molecule has 8 nitrogen and oxygen atoms in total. The fourth-order valence-corrected chi connectivity index (χ4v) is 3.95. The number of fused-ring (bicyclic) bond motifs is 2. The zero-order valence-corrected chi connectivity index (χ0v) is 17.6. The average Bonchev–Trinajstić information content (AvgIpc) is 2.73. The summed E-state index contributed by atoms with van der Waals surface area (Å²) in [6, 6.07) is 3.68. The first-order valence-corrected chi connectivity index (χ1v) is 10.2. The van der Waals surface area contributed by atoms with E-state index in [0.29, 0.717) is 12.4 Å². The van der Waals surface area contributed by atoms with Gasteiger partial charge in [0.1, 0.15) is 6.17 Å². The quantitative estimate of drug-likeness (QED) is 0.751. The summed E-state index contributed by atoms with van der Waals surface area (Å²) in [6.07, 6.45) is 7.97. The molecule has 2 aliphatic heterocycles. The minimum absolute atomic E-state index is 0.0808. The molecule has 2 aromatic heterocycles. The molecule has 1 atom stereocenters. The Morgan fingerprint density at radius 2 is 2.23 bits per heavy atom. The van der Waals surface area contributed by atoms with Crippen LogP contribution >= 0.6 is 0 Å². The first-order chi connectivity index (χ1) is 14.5. The second-order valence-corrected chi connectivity index (χ2v) is 7.65. The molecule has 0 aromatic carbocycles. The van der Waals surface area contributed by atoms with Gasteiger partial charge in [-0.15, -0.1) is 0 Å². The molecule has 0 saturated heterocycles. The van der Waals surface area contributed by atoms with E-state index in [1.54, 1.807) is 18.5 Å². The number of nitrogens with two attached hydrogens (primary N) is 1. The van der Waals surface area contributed by atoms with Gasteiger partial charge in [0, 0.05) is 73.3 Å². The zero-order chi connectivity index (χ0) is 21.3. The third-order valence-corrected chi connectivity index (χ3v) is 5.47. The van der Waals surface area contributed by atoms with Crippen molar-refractivity contribution >= 4 is 17.9 Å². The smallest absolute Gasteiger partial charge is 0.272 e. The number of hydrogen-bond donors (Lipinski definition) is 2. The van der Waals surface area contributed by atoms with Crippen molar-refractivity contribution in [2.45, 2.75) is 39.9 Å². The molecule has 0 aliphatic carbocycles. The van der Waals surface area contributed by atoms with E-state index in [4.69, 9.17) is 5.73 Å². The van der Waals surface area contributed by atoms with Crippen molar-refractivity contribution in [2.75, 3.05) is 18.5 Å². The summed E-state index contributed by atoms with van der Waals surface area (Å²) in [4.78, 5) is 28.2. The van der Waals surface area contributed by atoms with Crippen molar-refractivity contribution in [2.24, 2.45) is 10.7 Å². The molecule has 0 saturated carbocycles. The molecule has 1 unspecified atom stereocenters. The minimum atomic E-state index is -0.0967. The maximum atomic E-state index is 12.4. The van der Waals surface area contributed by atoms with E-state index in [2.05, 4.69) is 38.3 Å². The second-order valence-electron chi connectivity index (χ2n) is 7.65. The zero-order valence-electron chi connectivity index (χ0n) is 17.6. The van der Waals surface area contributed by atoms with E-state index in [1.807, 2.05) is 26.1 Å². The molecule has 3 N–H and O–H groups in total. The summed E-state index contributed by atoms with van der Waals surface area (Å²) in [5, 5.41) is 0. The van der Waals surface area contributed by atoms with E-state index in [-0.39, 0.29) is 11.7 Å². The van der Waals surface area contributed by atoms with Crippen LogP contribution in [0.5, 0.6) is 0 Å². The topological polar surface area (TPSA) is 101 Å². The summed E-state index contributed by atoms with van der Waals surface area (Å²) in [5.74, 6) is 0.642. The maximum absolute atomic E-state index is 12.4. The van der Waals surface area contributed by atoms with Gasteiger partial charge >= 0.3 is 0 Å². The third-order valence-electron chi connectivity index (χ3n) is 5.47. The molecule has 0 radical (unpaired) electrons. The van der Waals surface area contributed by atoms with Crippen LogP contribution in [0.2, 0.25) is 0 Å². The number of nitrogens with zero attached hydrogens (tertiary/aromatic N) is 5. The van der Waals surface area contributed by atoms with Crippen LogP contribution in [0.25, 0.3) is 11.6 Å². The van der Waals surface area contributed by atoms with E-state index in [1.165, 1.54) is 4.68 Å². The van der Waals surface area contributed by atoms with Crippen molar-refractivity contribution in [3.63, 3.8) is 0 Å². The van der Waals surface area contributed by atoms with Crippen LogP contribution in [0, 0.1) is 6.92 Å². The van der Waals surface area contributed by atoms with Gasteiger partial charge in [0.2, 0.25) is 0 Å². The van der Waals surface area contributed by atoms with Crippen LogP contribution in [0.1, 0.15) is 42.2 Å². The number of allylic oxidation sites excluding steroid dienone is 1. The molecular weight excluding hydrogens is 378 g/mol. The van der Waals surface area contributed by atoms with Gasteiger partial charge in [-0.2, -0.15) is 0 Å². The highest BCUT2D eigenvalue weighted by atomic mass is 16.1. The first kappa shape index (κ1) is 20.0. The number of aryl methyl sites for hydroxylation is 1. The molecule has 2 aliphatic rings. The first-order valence-electron chi connectivity index (χ1n) is 10.2. The van der Waals surface area contributed by atoms with Crippen LogP contribution in [-0.4, -0.2) is 45.0 Å².